The number of ether oxygens (including phenoxy) is 1. The fraction of sp³-hybridized carbons (Fsp3) is 0.400. The Morgan fingerprint density at radius 3 is 2.43 bits per heavy atom. The number of nitrogens with zero attached hydrogens (tertiary/aromatic N) is 2. The number of methoxy groups -OCH3 is 1. The van der Waals surface area contributed by atoms with Crippen LogP contribution in [-0.2, 0) is 15.9 Å². The van der Waals surface area contributed by atoms with Gasteiger partial charge in [-0.3, -0.25) is 0 Å². The molecule has 1 aromatic carbocycles. The van der Waals surface area contributed by atoms with Gasteiger partial charge in [-0.1, -0.05) is 44.7 Å². The molecule has 5 nitrogen and oxygen atoms in total. The first-order chi connectivity index (χ1) is 9.90. The zero-order chi connectivity index (χ0) is 15.5. The van der Waals surface area contributed by atoms with Crippen LogP contribution in [0.1, 0.15) is 42.6 Å². The lowest BCUT2D eigenvalue weighted by Crippen LogP contribution is -2.11. The number of esters is 1. The lowest BCUT2D eigenvalue weighted by molar-refractivity contribution is 0.0600. The summed E-state index contributed by atoms with van der Waals surface area (Å²) >= 11 is 1.47. The van der Waals surface area contributed by atoms with Crippen molar-refractivity contribution in [3.63, 3.8) is 0 Å². The largest absolute Gasteiger partial charge is 0.465 e. The van der Waals surface area contributed by atoms with Crippen LogP contribution in [0.4, 0.5) is 0 Å². The molecule has 2 aromatic rings. The lowest BCUT2D eigenvalue weighted by atomic mass is 9.97. The van der Waals surface area contributed by atoms with Gasteiger partial charge in [0.1, 0.15) is 0 Å². The molecule has 0 N–H and O–H groups in total. The van der Waals surface area contributed by atoms with Gasteiger partial charge >= 0.3 is 5.97 Å². The van der Waals surface area contributed by atoms with Crippen LogP contribution in [0.25, 0.3) is 0 Å². The Bertz CT molecular complexity index is 615. The monoisotopic (exact) mass is 306 g/mol. The molecule has 0 radical (unpaired) electrons. The van der Waals surface area contributed by atoms with Gasteiger partial charge in [0, 0.05) is 11.2 Å². The van der Waals surface area contributed by atoms with E-state index in [1.807, 2.05) is 32.9 Å². The van der Waals surface area contributed by atoms with Crippen LogP contribution >= 0.6 is 11.8 Å². The molecule has 2 rings (SSSR count). The van der Waals surface area contributed by atoms with E-state index in [9.17, 15) is 4.79 Å². The number of aromatic nitrogens is 2. The molecular weight excluding hydrogens is 288 g/mol. The molecule has 0 aliphatic rings. The smallest absolute Gasteiger partial charge is 0.337 e. The molecule has 0 aliphatic carbocycles. The number of rotatable bonds is 4. The molecule has 1 aromatic heterocycles. The molecule has 1 heterocycles. The minimum absolute atomic E-state index is 0.145. The van der Waals surface area contributed by atoms with Crippen molar-refractivity contribution < 1.29 is 13.9 Å². The predicted octanol–water partition coefficient (Wildman–Crippen LogP) is 3.45. The van der Waals surface area contributed by atoms with Crippen LogP contribution in [-0.4, -0.2) is 23.3 Å². The summed E-state index contributed by atoms with van der Waals surface area (Å²) in [6, 6.07) is 7.27. The Morgan fingerprint density at radius 2 is 1.90 bits per heavy atom. The average molecular weight is 306 g/mol. The van der Waals surface area contributed by atoms with E-state index in [1.165, 1.54) is 18.9 Å². The van der Waals surface area contributed by atoms with Gasteiger partial charge in [0.2, 0.25) is 5.89 Å². The summed E-state index contributed by atoms with van der Waals surface area (Å²) in [5, 5.41) is 8.63. The van der Waals surface area contributed by atoms with Gasteiger partial charge in [0.25, 0.3) is 5.22 Å². The summed E-state index contributed by atoms with van der Waals surface area (Å²) in [6.07, 6.45) is 0. The van der Waals surface area contributed by atoms with Crippen molar-refractivity contribution in [2.24, 2.45) is 0 Å². The highest BCUT2D eigenvalue weighted by Gasteiger charge is 2.21. The number of carbonyl (C=O) groups excluding carboxylic acids is 1. The second-order valence-corrected chi connectivity index (χ2v) is 6.53. The summed E-state index contributed by atoms with van der Waals surface area (Å²) in [6.45, 7) is 6.08. The van der Waals surface area contributed by atoms with E-state index in [4.69, 9.17) is 4.42 Å². The molecule has 0 bridgehead atoms. The van der Waals surface area contributed by atoms with Crippen molar-refractivity contribution >= 4 is 17.7 Å². The zero-order valence-corrected chi connectivity index (χ0v) is 13.4. The second-order valence-electron chi connectivity index (χ2n) is 5.60. The van der Waals surface area contributed by atoms with Crippen molar-refractivity contribution in [2.45, 2.75) is 37.2 Å². The van der Waals surface area contributed by atoms with Gasteiger partial charge in [-0.25, -0.2) is 4.79 Å². The van der Waals surface area contributed by atoms with Gasteiger partial charge < -0.3 is 9.15 Å². The molecule has 0 unspecified atom stereocenters. The fourth-order valence-corrected chi connectivity index (χ4v) is 2.29. The molecule has 6 heteroatoms. The Balaban J connectivity index is 1.97. The third-order valence-corrected chi connectivity index (χ3v) is 3.68. The second kappa shape index (κ2) is 6.30. The van der Waals surface area contributed by atoms with Gasteiger partial charge in [-0.15, -0.1) is 10.2 Å². The highest BCUT2D eigenvalue weighted by molar-refractivity contribution is 7.98. The summed E-state index contributed by atoms with van der Waals surface area (Å²) in [5.74, 6) is 1.000. The van der Waals surface area contributed by atoms with Gasteiger partial charge in [-0.2, -0.15) is 0 Å². The van der Waals surface area contributed by atoms with E-state index >= 15 is 0 Å². The Morgan fingerprint density at radius 1 is 1.24 bits per heavy atom. The molecule has 0 amide bonds. The van der Waals surface area contributed by atoms with Crippen LogP contribution in [0.5, 0.6) is 0 Å². The first-order valence-electron chi connectivity index (χ1n) is 6.54. The Hall–Kier alpha value is -1.82. The fourth-order valence-electron chi connectivity index (χ4n) is 1.57. The highest BCUT2D eigenvalue weighted by atomic mass is 32.2. The number of hydrogen-bond donors (Lipinski definition) is 0. The standard InChI is InChI=1S/C15H18N2O3S/c1-15(2,3)13-16-17-14(20-13)21-9-10-5-7-11(8-6-10)12(18)19-4/h5-8H,9H2,1-4H3. The predicted molar refractivity (Wildman–Crippen MR) is 80.3 cm³/mol. The van der Waals surface area contributed by atoms with E-state index in [0.29, 0.717) is 22.4 Å². The topological polar surface area (TPSA) is 65.2 Å². The first-order valence-corrected chi connectivity index (χ1v) is 7.53. The minimum atomic E-state index is -0.332. The molecule has 0 aliphatic heterocycles. The van der Waals surface area contributed by atoms with Crippen molar-refractivity contribution in [1.82, 2.24) is 10.2 Å². The molecular formula is C15H18N2O3S. The van der Waals surface area contributed by atoms with E-state index in [0.717, 1.165) is 5.56 Å². The maximum Gasteiger partial charge on any atom is 0.337 e. The number of hydrogen-bond acceptors (Lipinski definition) is 6. The highest BCUT2D eigenvalue weighted by Crippen LogP contribution is 2.26. The van der Waals surface area contributed by atoms with Crippen molar-refractivity contribution in [3.8, 4) is 0 Å². The van der Waals surface area contributed by atoms with E-state index < -0.39 is 0 Å². The maximum atomic E-state index is 11.3. The third-order valence-electron chi connectivity index (χ3n) is 2.79. The minimum Gasteiger partial charge on any atom is -0.465 e. The van der Waals surface area contributed by atoms with Crippen LogP contribution < -0.4 is 0 Å². The van der Waals surface area contributed by atoms with Crippen molar-refractivity contribution in [2.75, 3.05) is 7.11 Å². The Kier molecular flexibility index (Phi) is 4.67. The molecule has 112 valence electrons. The molecule has 0 fully saturated rings. The molecule has 21 heavy (non-hydrogen) atoms. The molecule has 0 saturated heterocycles. The van der Waals surface area contributed by atoms with Gasteiger partial charge in [0.15, 0.2) is 0 Å². The summed E-state index contributed by atoms with van der Waals surface area (Å²) in [4.78, 5) is 11.3. The summed E-state index contributed by atoms with van der Waals surface area (Å²) in [7, 11) is 1.37. The number of benzene rings is 1. The summed E-state index contributed by atoms with van der Waals surface area (Å²) < 4.78 is 10.3. The van der Waals surface area contributed by atoms with Crippen molar-refractivity contribution in [3.05, 3.63) is 41.3 Å². The molecule has 0 atom stereocenters. The van der Waals surface area contributed by atoms with Crippen LogP contribution in [0.15, 0.2) is 33.9 Å². The third kappa shape index (κ3) is 4.07. The quantitative estimate of drug-likeness (QED) is 0.637. The Labute approximate surface area is 128 Å². The van der Waals surface area contributed by atoms with Crippen LogP contribution in [0, 0.1) is 0 Å². The van der Waals surface area contributed by atoms with E-state index in [-0.39, 0.29) is 11.4 Å². The number of thioether (sulfide) groups is 1. The van der Waals surface area contributed by atoms with E-state index in [2.05, 4.69) is 14.9 Å². The zero-order valence-electron chi connectivity index (χ0n) is 12.5. The molecule has 0 spiro atoms. The summed E-state index contributed by atoms with van der Waals surface area (Å²) in [5.41, 5.74) is 1.47. The van der Waals surface area contributed by atoms with E-state index in [1.54, 1.807) is 12.1 Å². The van der Waals surface area contributed by atoms with Gasteiger partial charge in [-0.05, 0) is 17.7 Å². The molecule has 0 saturated carbocycles. The van der Waals surface area contributed by atoms with Crippen LogP contribution in [0.3, 0.4) is 0 Å². The lowest BCUT2D eigenvalue weighted by Gasteiger charge is -2.10. The average Bonchev–Trinajstić information content (AvgIpc) is 2.94. The van der Waals surface area contributed by atoms with Crippen molar-refractivity contribution in [1.29, 1.82) is 0 Å². The number of carbonyl (C=O) groups is 1. The van der Waals surface area contributed by atoms with Crippen LogP contribution in [0.2, 0.25) is 0 Å². The maximum absolute atomic E-state index is 11.3. The first kappa shape index (κ1) is 15.6. The normalized spacial score (nSPS) is 11.4. The SMILES string of the molecule is COC(=O)c1ccc(CSc2nnc(C(C)(C)C)o2)cc1. The van der Waals surface area contributed by atoms with Gasteiger partial charge in [0.05, 0.1) is 12.7 Å².